The number of unbranched alkanes of at least 4 members (excludes halogenated alkanes) is 6. The Balaban J connectivity index is 2.09. The number of methoxy groups -OCH3 is 1. The summed E-state index contributed by atoms with van der Waals surface area (Å²) in [7, 11) is 1.60. The van der Waals surface area contributed by atoms with Crippen molar-refractivity contribution in [2.75, 3.05) is 13.7 Å². The Morgan fingerprint density at radius 2 is 1.65 bits per heavy atom. The molecule has 0 heterocycles. The van der Waals surface area contributed by atoms with E-state index < -0.39 is 0 Å². The molecule has 6 heteroatoms. The van der Waals surface area contributed by atoms with E-state index in [1.54, 1.807) is 7.11 Å². The minimum atomic E-state index is -0.345. The summed E-state index contributed by atoms with van der Waals surface area (Å²) in [5.41, 5.74) is 3.24. The van der Waals surface area contributed by atoms with Gasteiger partial charge in [0.2, 0.25) is 5.91 Å². The van der Waals surface area contributed by atoms with Crippen LogP contribution < -0.4 is 15.5 Å². The normalized spacial score (nSPS) is 10.7. The van der Waals surface area contributed by atoms with Gasteiger partial charge in [-0.2, -0.15) is 5.10 Å². The zero-order chi connectivity index (χ0) is 19.0. The second kappa shape index (κ2) is 13.9. The third-order valence-electron chi connectivity index (χ3n) is 3.97. The fraction of sp³-hybridized carbons (Fsp3) is 0.550. The highest BCUT2D eigenvalue weighted by Gasteiger charge is 2.04. The van der Waals surface area contributed by atoms with Crippen LogP contribution in [-0.4, -0.2) is 31.7 Å². The molecule has 0 aromatic heterocycles. The van der Waals surface area contributed by atoms with E-state index in [1.807, 2.05) is 24.3 Å². The first kappa shape index (κ1) is 21.7. The molecule has 0 saturated heterocycles. The summed E-state index contributed by atoms with van der Waals surface area (Å²) in [6.45, 7) is 2.14. The number of carbonyl (C=O) groups excluding carboxylic acids is 2. The van der Waals surface area contributed by atoms with E-state index in [-0.39, 0.29) is 18.4 Å². The summed E-state index contributed by atoms with van der Waals surface area (Å²) in [6.07, 6.45) is 10.2. The summed E-state index contributed by atoms with van der Waals surface area (Å²) in [6, 6.07) is 7.29. The van der Waals surface area contributed by atoms with Crippen molar-refractivity contribution < 1.29 is 14.3 Å². The maximum absolute atomic E-state index is 11.7. The molecule has 2 amide bonds. The van der Waals surface area contributed by atoms with Gasteiger partial charge in [-0.15, -0.1) is 0 Å². The zero-order valence-corrected chi connectivity index (χ0v) is 15.9. The zero-order valence-electron chi connectivity index (χ0n) is 15.9. The van der Waals surface area contributed by atoms with Gasteiger partial charge in [0, 0.05) is 6.42 Å². The van der Waals surface area contributed by atoms with E-state index in [0.29, 0.717) is 6.42 Å². The van der Waals surface area contributed by atoms with Crippen LogP contribution in [0, 0.1) is 0 Å². The molecule has 0 radical (unpaired) electrons. The Bertz CT molecular complexity index is 556. The quantitative estimate of drug-likeness (QED) is 0.321. The highest BCUT2D eigenvalue weighted by molar-refractivity contribution is 5.86. The second-order valence-corrected chi connectivity index (χ2v) is 6.21. The number of carbonyl (C=O) groups is 2. The Hall–Kier alpha value is -2.37. The van der Waals surface area contributed by atoms with Gasteiger partial charge in [0.05, 0.1) is 19.9 Å². The Morgan fingerprint density at radius 3 is 2.31 bits per heavy atom. The number of rotatable bonds is 13. The van der Waals surface area contributed by atoms with Crippen molar-refractivity contribution in [3.8, 4) is 5.75 Å². The number of hydrazone groups is 1. The Kier molecular flexibility index (Phi) is 11.6. The molecule has 0 saturated carbocycles. The first-order valence-corrected chi connectivity index (χ1v) is 9.38. The van der Waals surface area contributed by atoms with Crippen molar-refractivity contribution in [2.45, 2.75) is 58.3 Å². The van der Waals surface area contributed by atoms with Gasteiger partial charge in [0.15, 0.2) is 0 Å². The number of hydrogen-bond donors (Lipinski definition) is 2. The number of nitrogens with one attached hydrogen (secondary N) is 2. The molecule has 0 spiro atoms. The van der Waals surface area contributed by atoms with Crippen LogP contribution in [-0.2, 0) is 9.59 Å². The molecule has 0 fully saturated rings. The van der Waals surface area contributed by atoms with Crippen LogP contribution in [0.1, 0.15) is 63.9 Å². The third-order valence-corrected chi connectivity index (χ3v) is 3.97. The number of nitrogens with zero attached hydrogens (tertiary/aromatic N) is 1. The van der Waals surface area contributed by atoms with Crippen LogP contribution in [0.15, 0.2) is 29.4 Å². The van der Waals surface area contributed by atoms with Crippen molar-refractivity contribution in [3.63, 3.8) is 0 Å². The van der Waals surface area contributed by atoms with Gasteiger partial charge in [0.25, 0.3) is 5.91 Å². The highest BCUT2D eigenvalue weighted by Crippen LogP contribution is 2.09. The minimum absolute atomic E-state index is 0.0602. The maximum atomic E-state index is 11.7. The van der Waals surface area contributed by atoms with E-state index in [2.05, 4.69) is 22.8 Å². The molecule has 0 unspecified atom stereocenters. The van der Waals surface area contributed by atoms with Gasteiger partial charge in [0.1, 0.15) is 5.75 Å². The smallest absolute Gasteiger partial charge is 0.259 e. The molecule has 6 nitrogen and oxygen atoms in total. The van der Waals surface area contributed by atoms with Gasteiger partial charge >= 0.3 is 0 Å². The largest absolute Gasteiger partial charge is 0.497 e. The molecule has 0 atom stereocenters. The summed E-state index contributed by atoms with van der Waals surface area (Å²) < 4.78 is 5.07. The summed E-state index contributed by atoms with van der Waals surface area (Å²) in [5.74, 6) is 0.324. The summed E-state index contributed by atoms with van der Waals surface area (Å²) in [5, 5.41) is 6.49. The molecule has 0 bridgehead atoms. The molecular weight excluding hydrogens is 330 g/mol. The van der Waals surface area contributed by atoms with Crippen molar-refractivity contribution in [1.29, 1.82) is 0 Å². The van der Waals surface area contributed by atoms with E-state index in [4.69, 9.17) is 4.74 Å². The highest BCUT2D eigenvalue weighted by atomic mass is 16.5. The van der Waals surface area contributed by atoms with Gasteiger partial charge < -0.3 is 10.1 Å². The first-order chi connectivity index (χ1) is 12.7. The second-order valence-electron chi connectivity index (χ2n) is 6.21. The molecule has 0 aliphatic heterocycles. The molecule has 144 valence electrons. The lowest BCUT2D eigenvalue weighted by Crippen LogP contribution is -2.34. The molecular formula is C20H31N3O3. The van der Waals surface area contributed by atoms with Crippen LogP contribution in [0.2, 0.25) is 0 Å². The lowest BCUT2D eigenvalue weighted by Gasteiger charge is -2.04. The summed E-state index contributed by atoms with van der Waals surface area (Å²) in [4.78, 5) is 23.4. The van der Waals surface area contributed by atoms with E-state index >= 15 is 0 Å². The molecule has 2 N–H and O–H groups in total. The SMILES string of the molecule is CCCCCCCCCC(=O)NCC(=O)N/N=C\c1ccc(OC)cc1. The molecule has 1 aromatic carbocycles. The van der Waals surface area contributed by atoms with Crippen LogP contribution in [0.5, 0.6) is 5.75 Å². The van der Waals surface area contributed by atoms with Crippen LogP contribution in [0.3, 0.4) is 0 Å². The Labute approximate surface area is 156 Å². The van der Waals surface area contributed by atoms with Crippen molar-refractivity contribution in [3.05, 3.63) is 29.8 Å². The topological polar surface area (TPSA) is 79.8 Å². The third kappa shape index (κ3) is 10.5. The van der Waals surface area contributed by atoms with Crippen LogP contribution in [0.25, 0.3) is 0 Å². The fourth-order valence-corrected chi connectivity index (χ4v) is 2.42. The number of benzene rings is 1. The first-order valence-electron chi connectivity index (χ1n) is 9.38. The average molecular weight is 361 g/mol. The predicted molar refractivity (Wildman–Crippen MR) is 104 cm³/mol. The monoisotopic (exact) mass is 361 g/mol. The predicted octanol–water partition coefficient (Wildman–Crippen LogP) is 3.40. The lowest BCUT2D eigenvalue weighted by atomic mass is 10.1. The van der Waals surface area contributed by atoms with Crippen LogP contribution in [0.4, 0.5) is 0 Å². The molecule has 0 aliphatic rings. The van der Waals surface area contributed by atoms with Crippen molar-refractivity contribution in [2.24, 2.45) is 5.10 Å². The number of ether oxygens (including phenoxy) is 1. The van der Waals surface area contributed by atoms with E-state index in [9.17, 15) is 9.59 Å². The summed E-state index contributed by atoms with van der Waals surface area (Å²) >= 11 is 0. The fourth-order valence-electron chi connectivity index (χ4n) is 2.42. The molecule has 1 aromatic rings. The number of amides is 2. The molecule has 0 aliphatic carbocycles. The van der Waals surface area contributed by atoms with Gasteiger partial charge in [-0.05, 0) is 36.2 Å². The van der Waals surface area contributed by atoms with Crippen LogP contribution >= 0.6 is 0 Å². The lowest BCUT2D eigenvalue weighted by molar-refractivity contribution is -0.126. The standard InChI is InChI=1S/C20H31N3O3/c1-3-4-5-6-7-8-9-10-19(24)21-16-20(25)23-22-15-17-11-13-18(26-2)14-12-17/h11-15H,3-10,16H2,1-2H3,(H,21,24)(H,23,25)/b22-15-. The average Bonchev–Trinajstić information content (AvgIpc) is 2.66. The Morgan fingerprint density at radius 1 is 1.00 bits per heavy atom. The van der Waals surface area contributed by atoms with Gasteiger partial charge in [-0.25, -0.2) is 5.43 Å². The van der Waals surface area contributed by atoms with Gasteiger partial charge in [-0.3, -0.25) is 9.59 Å². The van der Waals surface area contributed by atoms with E-state index in [1.165, 1.54) is 38.3 Å². The van der Waals surface area contributed by atoms with E-state index in [0.717, 1.165) is 24.2 Å². The molecule has 26 heavy (non-hydrogen) atoms. The van der Waals surface area contributed by atoms with Gasteiger partial charge in [-0.1, -0.05) is 45.4 Å². The molecule has 1 rings (SSSR count). The maximum Gasteiger partial charge on any atom is 0.259 e. The minimum Gasteiger partial charge on any atom is -0.497 e. The number of hydrogen-bond acceptors (Lipinski definition) is 4. The van der Waals surface area contributed by atoms with Crippen molar-refractivity contribution >= 4 is 18.0 Å². The van der Waals surface area contributed by atoms with Crippen molar-refractivity contribution in [1.82, 2.24) is 10.7 Å².